The average Bonchev–Trinajstić information content (AvgIpc) is 2.32. The number of hydrogen-bond acceptors (Lipinski definition) is 2. The second-order valence-electron chi connectivity index (χ2n) is 3.83. The van der Waals surface area contributed by atoms with Crippen molar-refractivity contribution in [3.8, 4) is 0 Å². The zero-order chi connectivity index (χ0) is 14.4. The van der Waals surface area contributed by atoms with Gasteiger partial charge in [0.15, 0.2) is 0 Å². The third-order valence-electron chi connectivity index (χ3n) is 2.47. The molecule has 106 valence electrons. The van der Waals surface area contributed by atoms with Gasteiger partial charge in [0, 0.05) is 16.6 Å². The summed E-state index contributed by atoms with van der Waals surface area (Å²) in [6.07, 6.45) is -2.83. The van der Waals surface area contributed by atoms with Crippen LogP contribution in [0, 0.1) is 0 Å². The Balaban J connectivity index is 2.81. The SMILES string of the molecule is O=C(Cc1c(Cl)cccc1Cl)N(CCO)CC(F)F. The van der Waals surface area contributed by atoms with Crippen LogP contribution in [0.15, 0.2) is 18.2 Å². The molecule has 0 radical (unpaired) electrons. The van der Waals surface area contributed by atoms with Crippen molar-refractivity contribution in [3.05, 3.63) is 33.8 Å². The summed E-state index contributed by atoms with van der Waals surface area (Å²) >= 11 is 11.8. The van der Waals surface area contributed by atoms with E-state index in [1.807, 2.05) is 0 Å². The summed E-state index contributed by atoms with van der Waals surface area (Å²) in [5.74, 6) is -0.552. The molecule has 3 nitrogen and oxygen atoms in total. The molecule has 0 saturated heterocycles. The number of carbonyl (C=O) groups is 1. The number of alkyl halides is 2. The Bertz CT molecular complexity index is 423. The summed E-state index contributed by atoms with van der Waals surface area (Å²) in [5.41, 5.74) is 0.396. The molecule has 19 heavy (non-hydrogen) atoms. The first kappa shape index (κ1) is 16.1. The van der Waals surface area contributed by atoms with E-state index in [0.29, 0.717) is 15.6 Å². The molecule has 0 heterocycles. The smallest absolute Gasteiger partial charge is 0.255 e. The van der Waals surface area contributed by atoms with Crippen LogP contribution in [0.4, 0.5) is 8.78 Å². The number of carbonyl (C=O) groups excluding carboxylic acids is 1. The number of aliphatic hydroxyl groups excluding tert-OH is 1. The lowest BCUT2D eigenvalue weighted by Crippen LogP contribution is -2.38. The van der Waals surface area contributed by atoms with Gasteiger partial charge in [-0.25, -0.2) is 8.78 Å². The highest BCUT2D eigenvalue weighted by atomic mass is 35.5. The topological polar surface area (TPSA) is 40.5 Å². The quantitative estimate of drug-likeness (QED) is 0.877. The Morgan fingerprint density at radius 1 is 1.32 bits per heavy atom. The van der Waals surface area contributed by atoms with Crippen molar-refractivity contribution in [2.24, 2.45) is 0 Å². The molecule has 0 aromatic heterocycles. The van der Waals surface area contributed by atoms with Crippen LogP contribution < -0.4 is 0 Å². The molecule has 0 fully saturated rings. The van der Waals surface area contributed by atoms with Gasteiger partial charge in [0.1, 0.15) is 0 Å². The lowest BCUT2D eigenvalue weighted by molar-refractivity contribution is -0.133. The number of rotatable bonds is 6. The number of benzene rings is 1. The maximum atomic E-state index is 12.3. The molecule has 1 amide bonds. The van der Waals surface area contributed by atoms with Crippen LogP contribution in [0.3, 0.4) is 0 Å². The highest BCUT2D eigenvalue weighted by molar-refractivity contribution is 6.36. The van der Waals surface area contributed by atoms with Crippen LogP contribution >= 0.6 is 23.2 Å². The lowest BCUT2D eigenvalue weighted by atomic mass is 10.1. The maximum absolute atomic E-state index is 12.3. The predicted molar refractivity (Wildman–Crippen MR) is 69.8 cm³/mol. The van der Waals surface area contributed by atoms with E-state index >= 15 is 0 Å². The highest BCUT2D eigenvalue weighted by Crippen LogP contribution is 2.25. The van der Waals surface area contributed by atoms with Crippen LogP contribution in [-0.2, 0) is 11.2 Å². The maximum Gasteiger partial charge on any atom is 0.255 e. The van der Waals surface area contributed by atoms with E-state index in [4.69, 9.17) is 28.3 Å². The molecular weight excluding hydrogens is 299 g/mol. The van der Waals surface area contributed by atoms with E-state index in [2.05, 4.69) is 0 Å². The normalized spacial score (nSPS) is 10.8. The second kappa shape index (κ2) is 7.62. The van der Waals surface area contributed by atoms with Crippen molar-refractivity contribution in [2.45, 2.75) is 12.8 Å². The van der Waals surface area contributed by atoms with Crippen LogP contribution in [0.1, 0.15) is 5.56 Å². The molecule has 7 heteroatoms. The molecule has 0 aliphatic rings. The van der Waals surface area contributed by atoms with E-state index in [1.54, 1.807) is 18.2 Å². The molecule has 0 aliphatic carbocycles. The Hall–Kier alpha value is -0.910. The molecule has 0 bridgehead atoms. The third-order valence-corrected chi connectivity index (χ3v) is 3.18. The zero-order valence-corrected chi connectivity index (χ0v) is 11.5. The molecule has 0 spiro atoms. The fraction of sp³-hybridized carbons (Fsp3) is 0.417. The first-order valence-electron chi connectivity index (χ1n) is 5.55. The summed E-state index contributed by atoms with van der Waals surface area (Å²) in [4.78, 5) is 12.8. The van der Waals surface area contributed by atoms with E-state index in [0.717, 1.165) is 4.90 Å². The van der Waals surface area contributed by atoms with E-state index in [-0.39, 0.29) is 19.6 Å². The first-order chi connectivity index (χ1) is 8.95. The van der Waals surface area contributed by atoms with Crippen molar-refractivity contribution in [2.75, 3.05) is 19.7 Å². The second-order valence-corrected chi connectivity index (χ2v) is 4.65. The van der Waals surface area contributed by atoms with E-state index < -0.39 is 18.9 Å². The Labute approximate surface area is 119 Å². The third kappa shape index (κ3) is 4.93. The van der Waals surface area contributed by atoms with Crippen molar-refractivity contribution in [1.82, 2.24) is 4.90 Å². The van der Waals surface area contributed by atoms with Crippen LogP contribution in [0.25, 0.3) is 0 Å². The van der Waals surface area contributed by atoms with Gasteiger partial charge in [0.05, 0.1) is 19.6 Å². The monoisotopic (exact) mass is 311 g/mol. The highest BCUT2D eigenvalue weighted by Gasteiger charge is 2.20. The minimum atomic E-state index is -2.66. The van der Waals surface area contributed by atoms with Crippen molar-refractivity contribution >= 4 is 29.1 Å². The molecule has 0 aliphatic heterocycles. The Morgan fingerprint density at radius 2 is 1.89 bits per heavy atom. The number of aliphatic hydroxyl groups is 1. The van der Waals surface area contributed by atoms with E-state index in [9.17, 15) is 13.6 Å². The van der Waals surface area contributed by atoms with Crippen LogP contribution in [-0.4, -0.2) is 42.0 Å². The Morgan fingerprint density at radius 3 is 2.37 bits per heavy atom. The first-order valence-corrected chi connectivity index (χ1v) is 6.31. The van der Waals surface area contributed by atoms with E-state index in [1.165, 1.54) is 0 Å². The summed E-state index contributed by atoms with van der Waals surface area (Å²) in [7, 11) is 0. The number of halogens is 4. The molecule has 0 saturated carbocycles. The minimum absolute atomic E-state index is 0.148. The van der Waals surface area contributed by atoms with Gasteiger partial charge < -0.3 is 10.0 Å². The minimum Gasteiger partial charge on any atom is -0.395 e. The number of nitrogens with zero attached hydrogens (tertiary/aromatic N) is 1. The zero-order valence-electron chi connectivity index (χ0n) is 9.95. The van der Waals surface area contributed by atoms with Gasteiger partial charge in [0.25, 0.3) is 6.43 Å². The summed E-state index contributed by atoms with van der Waals surface area (Å²) in [5, 5.41) is 9.40. The summed E-state index contributed by atoms with van der Waals surface area (Å²) < 4.78 is 24.7. The molecule has 1 N–H and O–H groups in total. The van der Waals surface area contributed by atoms with Gasteiger partial charge >= 0.3 is 0 Å². The van der Waals surface area contributed by atoms with Gasteiger partial charge in [-0.05, 0) is 17.7 Å². The van der Waals surface area contributed by atoms with Crippen LogP contribution in [0.2, 0.25) is 10.0 Å². The molecular formula is C12H13Cl2F2NO2. The summed E-state index contributed by atoms with van der Waals surface area (Å²) in [6, 6.07) is 4.77. The van der Waals surface area contributed by atoms with Crippen molar-refractivity contribution in [3.63, 3.8) is 0 Å². The van der Waals surface area contributed by atoms with Gasteiger partial charge in [-0.15, -0.1) is 0 Å². The fourth-order valence-corrected chi connectivity index (χ4v) is 2.10. The predicted octanol–water partition coefficient (Wildman–Crippen LogP) is 2.62. The van der Waals surface area contributed by atoms with Crippen LogP contribution in [0.5, 0.6) is 0 Å². The van der Waals surface area contributed by atoms with Gasteiger partial charge in [-0.2, -0.15) is 0 Å². The standard InChI is InChI=1S/C12H13Cl2F2NO2/c13-9-2-1-3-10(14)8(9)6-12(19)17(4-5-18)7-11(15)16/h1-3,11,18H,4-7H2. The van der Waals surface area contributed by atoms with Crippen molar-refractivity contribution < 1.29 is 18.7 Å². The Kier molecular flexibility index (Phi) is 6.48. The molecule has 1 rings (SSSR count). The number of amides is 1. The van der Waals surface area contributed by atoms with Gasteiger partial charge in [-0.3, -0.25) is 4.79 Å². The molecule has 0 atom stereocenters. The number of hydrogen-bond donors (Lipinski definition) is 1. The van der Waals surface area contributed by atoms with Gasteiger partial charge in [-0.1, -0.05) is 29.3 Å². The van der Waals surface area contributed by atoms with Crippen molar-refractivity contribution in [1.29, 1.82) is 0 Å². The van der Waals surface area contributed by atoms with Gasteiger partial charge in [0.2, 0.25) is 5.91 Å². The molecule has 1 aromatic carbocycles. The fourth-order valence-electron chi connectivity index (χ4n) is 1.57. The lowest BCUT2D eigenvalue weighted by Gasteiger charge is -2.21. The average molecular weight is 312 g/mol. The molecule has 0 unspecified atom stereocenters. The summed E-state index contributed by atoms with van der Waals surface area (Å²) in [6.45, 7) is -1.25. The molecule has 1 aromatic rings. The largest absolute Gasteiger partial charge is 0.395 e.